The highest BCUT2D eigenvalue weighted by atomic mass is 16.1. The van der Waals surface area contributed by atoms with Gasteiger partial charge in [-0.1, -0.05) is 0 Å². The van der Waals surface area contributed by atoms with Crippen molar-refractivity contribution in [3.63, 3.8) is 0 Å². The van der Waals surface area contributed by atoms with Crippen LogP contribution >= 0.6 is 0 Å². The summed E-state index contributed by atoms with van der Waals surface area (Å²) >= 11 is 0. The largest absolute Gasteiger partial charge is 0.353 e. The average Bonchev–Trinajstić information content (AvgIpc) is 2.39. The fourth-order valence-corrected chi connectivity index (χ4v) is 2.13. The maximum Gasteiger partial charge on any atom is 0.225 e. The number of hydrogen-bond donors (Lipinski definition) is 2. The Bertz CT molecular complexity index is 397. The van der Waals surface area contributed by atoms with Crippen LogP contribution in [0.5, 0.6) is 0 Å². The Morgan fingerprint density at radius 1 is 1.44 bits per heavy atom. The number of hydrogen-bond acceptors (Lipinski definition) is 5. The van der Waals surface area contributed by atoms with Crippen molar-refractivity contribution in [2.75, 3.05) is 18.0 Å². The molecule has 3 N–H and O–H groups in total. The Hall–Kier alpha value is -1.69. The summed E-state index contributed by atoms with van der Waals surface area (Å²) in [5.74, 6) is 0.783. The summed E-state index contributed by atoms with van der Waals surface area (Å²) in [4.78, 5) is 21.7. The van der Waals surface area contributed by atoms with Crippen molar-refractivity contribution in [2.45, 2.75) is 32.4 Å². The summed E-state index contributed by atoms with van der Waals surface area (Å²) in [5, 5.41) is 2.95. The van der Waals surface area contributed by atoms with Gasteiger partial charge in [0.2, 0.25) is 11.9 Å². The van der Waals surface area contributed by atoms with Crippen LogP contribution in [0.1, 0.15) is 25.3 Å². The molecule has 0 radical (unpaired) electrons. The highest BCUT2D eigenvalue weighted by Crippen LogP contribution is 2.15. The van der Waals surface area contributed by atoms with Crippen LogP contribution in [0.15, 0.2) is 12.4 Å². The molecule has 0 aliphatic carbocycles. The Morgan fingerprint density at radius 2 is 2.06 bits per heavy atom. The molecule has 6 heteroatoms. The first-order valence-corrected chi connectivity index (χ1v) is 6.22. The molecule has 0 spiro atoms. The molecule has 1 aromatic rings. The Morgan fingerprint density at radius 3 is 2.56 bits per heavy atom. The molecule has 1 aliphatic rings. The summed E-state index contributed by atoms with van der Waals surface area (Å²) in [6, 6.07) is 0.280. The fraction of sp³-hybridized carbons (Fsp3) is 0.583. The predicted octanol–water partition coefficient (Wildman–Crippen LogP) is 0.0402. The quantitative estimate of drug-likeness (QED) is 0.790. The van der Waals surface area contributed by atoms with Crippen molar-refractivity contribution in [3.8, 4) is 0 Å². The average molecular weight is 249 g/mol. The Kier molecular flexibility index (Phi) is 4.09. The van der Waals surface area contributed by atoms with Crippen molar-refractivity contribution in [3.05, 3.63) is 18.0 Å². The molecule has 0 bridgehead atoms. The van der Waals surface area contributed by atoms with Crippen molar-refractivity contribution < 1.29 is 4.79 Å². The molecule has 18 heavy (non-hydrogen) atoms. The molecule has 1 aliphatic heterocycles. The van der Waals surface area contributed by atoms with Crippen LogP contribution in [0.3, 0.4) is 0 Å². The third kappa shape index (κ3) is 3.16. The lowest BCUT2D eigenvalue weighted by atomic mass is 10.1. The van der Waals surface area contributed by atoms with E-state index in [0.29, 0.717) is 6.54 Å². The summed E-state index contributed by atoms with van der Waals surface area (Å²) in [7, 11) is 0. The van der Waals surface area contributed by atoms with Crippen molar-refractivity contribution in [1.82, 2.24) is 15.3 Å². The molecule has 0 atom stereocenters. The number of nitrogens with zero attached hydrogens (tertiary/aromatic N) is 3. The summed E-state index contributed by atoms with van der Waals surface area (Å²) in [5.41, 5.74) is 6.45. The number of piperidine rings is 1. The lowest BCUT2D eigenvalue weighted by molar-refractivity contribution is -0.119. The van der Waals surface area contributed by atoms with Gasteiger partial charge in [-0.05, 0) is 12.8 Å². The number of rotatable bonds is 3. The van der Waals surface area contributed by atoms with E-state index in [2.05, 4.69) is 20.2 Å². The van der Waals surface area contributed by atoms with Crippen molar-refractivity contribution >= 4 is 11.9 Å². The third-order valence-corrected chi connectivity index (χ3v) is 3.11. The SMILES string of the molecule is CC(=O)NC1CCN(c2ncc(CN)cn2)CC1. The highest BCUT2D eigenvalue weighted by Gasteiger charge is 2.21. The molecule has 2 heterocycles. The molecule has 0 saturated carbocycles. The van der Waals surface area contributed by atoms with Gasteiger partial charge in [0.15, 0.2) is 0 Å². The lowest BCUT2D eigenvalue weighted by Crippen LogP contribution is -2.44. The van der Waals surface area contributed by atoms with E-state index in [1.54, 1.807) is 19.3 Å². The maximum absolute atomic E-state index is 11.0. The standard InChI is InChI=1S/C12H19N5O/c1-9(18)16-11-2-4-17(5-3-11)12-14-7-10(6-13)8-15-12/h7-8,11H,2-6,13H2,1H3,(H,16,18). The van der Waals surface area contributed by atoms with Gasteiger partial charge in [0.05, 0.1) is 0 Å². The van der Waals surface area contributed by atoms with E-state index in [1.807, 2.05) is 0 Å². The molecule has 2 rings (SSSR count). The number of amides is 1. The first kappa shape index (κ1) is 12.8. The number of carbonyl (C=O) groups excluding carboxylic acids is 1. The van der Waals surface area contributed by atoms with Crippen molar-refractivity contribution in [2.24, 2.45) is 5.73 Å². The van der Waals surface area contributed by atoms with E-state index in [1.165, 1.54) is 0 Å². The fourth-order valence-electron chi connectivity index (χ4n) is 2.13. The van der Waals surface area contributed by atoms with Gasteiger partial charge in [0, 0.05) is 50.6 Å². The molecule has 1 aromatic heterocycles. The van der Waals surface area contributed by atoms with Gasteiger partial charge >= 0.3 is 0 Å². The summed E-state index contributed by atoms with van der Waals surface area (Å²) in [6.45, 7) is 3.76. The van der Waals surface area contributed by atoms with Crippen LogP contribution in [0.4, 0.5) is 5.95 Å². The second-order valence-electron chi connectivity index (χ2n) is 4.56. The summed E-state index contributed by atoms with van der Waals surface area (Å²) in [6.07, 6.45) is 5.40. The molecular weight excluding hydrogens is 230 g/mol. The topological polar surface area (TPSA) is 84.1 Å². The van der Waals surface area contributed by atoms with Gasteiger partial charge in [-0.15, -0.1) is 0 Å². The highest BCUT2D eigenvalue weighted by molar-refractivity contribution is 5.73. The predicted molar refractivity (Wildman–Crippen MR) is 69.0 cm³/mol. The maximum atomic E-state index is 11.0. The van der Waals surface area contributed by atoms with Gasteiger partial charge in [0.25, 0.3) is 0 Å². The van der Waals surface area contributed by atoms with Gasteiger partial charge in [-0.25, -0.2) is 9.97 Å². The Balaban J connectivity index is 1.90. The van der Waals surface area contributed by atoms with Gasteiger partial charge < -0.3 is 16.0 Å². The molecule has 0 aromatic carbocycles. The van der Waals surface area contributed by atoms with Crippen LogP contribution < -0.4 is 16.0 Å². The molecule has 1 fully saturated rings. The van der Waals surface area contributed by atoms with E-state index in [0.717, 1.165) is 37.4 Å². The number of nitrogens with two attached hydrogens (primary N) is 1. The second kappa shape index (κ2) is 5.77. The zero-order chi connectivity index (χ0) is 13.0. The second-order valence-corrected chi connectivity index (χ2v) is 4.56. The number of nitrogens with one attached hydrogen (secondary N) is 1. The lowest BCUT2D eigenvalue weighted by Gasteiger charge is -2.32. The summed E-state index contributed by atoms with van der Waals surface area (Å²) < 4.78 is 0. The number of anilines is 1. The first-order chi connectivity index (χ1) is 8.69. The minimum atomic E-state index is 0.0389. The van der Waals surface area contributed by atoms with Crippen LogP contribution in [0, 0.1) is 0 Å². The Labute approximate surface area is 107 Å². The van der Waals surface area contributed by atoms with E-state index < -0.39 is 0 Å². The van der Waals surface area contributed by atoms with Gasteiger partial charge in [-0.3, -0.25) is 4.79 Å². The van der Waals surface area contributed by atoms with Crippen molar-refractivity contribution in [1.29, 1.82) is 0 Å². The molecule has 1 saturated heterocycles. The van der Waals surface area contributed by atoms with Crippen LogP contribution in [-0.4, -0.2) is 35.0 Å². The minimum Gasteiger partial charge on any atom is -0.353 e. The molecular formula is C12H19N5O. The zero-order valence-electron chi connectivity index (χ0n) is 10.6. The molecule has 6 nitrogen and oxygen atoms in total. The van der Waals surface area contributed by atoms with E-state index in [4.69, 9.17) is 5.73 Å². The number of carbonyl (C=O) groups is 1. The van der Waals surface area contributed by atoms with E-state index >= 15 is 0 Å². The third-order valence-electron chi connectivity index (χ3n) is 3.11. The molecule has 0 unspecified atom stereocenters. The van der Waals surface area contributed by atoms with Crippen LogP contribution in [-0.2, 0) is 11.3 Å². The number of aromatic nitrogens is 2. The van der Waals surface area contributed by atoms with E-state index in [9.17, 15) is 4.79 Å². The van der Waals surface area contributed by atoms with Gasteiger partial charge in [0.1, 0.15) is 0 Å². The first-order valence-electron chi connectivity index (χ1n) is 6.22. The molecule has 1 amide bonds. The van der Waals surface area contributed by atoms with E-state index in [-0.39, 0.29) is 11.9 Å². The minimum absolute atomic E-state index is 0.0389. The van der Waals surface area contributed by atoms with Crippen LogP contribution in [0.2, 0.25) is 0 Å². The van der Waals surface area contributed by atoms with Crippen LogP contribution in [0.25, 0.3) is 0 Å². The molecule has 98 valence electrons. The monoisotopic (exact) mass is 249 g/mol. The zero-order valence-corrected chi connectivity index (χ0v) is 10.6. The smallest absolute Gasteiger partial charge is 0.225 e. The van der Waals surface area contributed by atoms with Gasteiger partial charge in [-0.2, -0.15) is 0 Å². The normalized spacial score (nSPS) is 16.7.